The third-order valence-electron chi connectivity index (χ3n) is 4.93. The van der Waals surface area contributed by atoms with Crippen LogP contribution >= 0.6 is 0 Å². The van der Waals surface area contributed by atoms with Crippen LogP contribution in [0.2, 0.25) is 0 Å². The van der Waals surface area contributed by atoms with Gasteiger partial charge in [0.1, 0.15) is 0 Å². The molecule has 1 aromatic heterocycles. The number of rotatable bonds is 5. The molecule has 0 spiro atoms. The number of benzene rings is 1. The quantitative estimate of drug-likeness (QED) is 0.601. The van der Waals surface area contributed by atoms with E-state index >= 15 is 0 Å². The van der Waals surface area contributed by atoms with E-state index in [2.05, 4.69) is 0 Å². The number of carbonyl (C=O) groups is 2. The van der Waals surface area contributed by atoms with Crippen LogP contribution in [0.3, 0.4) is 0 Å². The molecule has 0 saturated heterocycles. The van der Waals surface area contributed by atoms with E-state index in [4.69, 9.17) is 15.0 Å². The largest absolute Gasteiger partial charge is 0.452 e. The summed E-state index contributed by atoms with van der Waals surface area (Å²) in [6, 6.07) is 9.56. The van der Waals surface area contributed by atoms with E-state index in [1.807, 2.05) is 30.3 Å². The van der Waals surface area contributed by atoms with Crippen molar-refractivity contribution in [1.29, 1.82) is 5.26 Å². The predicted octanol–water partition coefficient (Wildman–Crippen LogP) is 3.03. The zero-order chi connectivity index (χ0) is 19.2. The summed E-state index contributed by atoms with van der Waals surface area (Å²) >= 11 is 0. The van der Waals surface area contributed by atoms with Gasteiger partial charge in [-0.2, -0.15) is 5.26 Å². The number of amides is 1. The van der Waals surface area contributed by atoms with Crippen LogP contribution in [0.1, 0.15) is 47.3 Å². The van der Waals surface area contributed by atoms with E-state index in [0.717, 1.165) is 54.3 Å². The minimum atomic E-state index is -0.478. The second-order valence-corrected chi connectivity index (χ2v) is 6.79. The molecular weight excluding hydrogens is 342 g/mol. The summed E-state index contributed by atoms with van der Waals surface area (Å²) in [6.45, 7) is -0.00729. The van der Waals surface area contributed by atoms with Gasteiger partial charge in [-0.15, -0.1) is 0 Å². The predicted molar refractivity (Wildman–Crippen MR) is 101 cm³/mol. The van der Waals surface area contributed by atoms with Gasteiger partial charge in [-0.3, -0.25) is 9.78 Å². The lowest BCUT2D eigenvalue weighted by molar-refractivity contribution is -0.133. The first-order valence-corrected chi connectivity index (χ1v) is 9.30. The lowest BCUT2D eigenvalue weighted by Gasteiger charge is -2.17. The van der Waals surface area contributed by atoms with Gasteiger partial charge in [-0.25, -0.2) is 4.79 Å². The summed E-state index contributed by atoms with van der Waals surface area (Å²) in [5.41, 5.74) is 3.25. The molecule has 2 aromatic rings. The fourth-order valence-electron chi connectivity index (χ4n) is 3.43. The van der Waals surface area contributed by atoms with Crippen molar-refractivity contribution in [3.63, 3.8) is 0 Å². The first kappa shape index (κ1) is 18.8. The summed E-state index contributed by atoms with van der Waals surface area (Å²) in [7, 11) is 1.60. The molecule has 27 heavy (non-hydrogen) atoms. The fourth-order valence-corrected chi connectivity index (χ4v) is 3.43. The molecule has 1 aliphatic rings. The third kappa shape index (κ3) is 4.25. The van der Waals surface area contributed by atoms with Crippen LogP contribution in [-0.4, -0.2) is 42.0 Å². The molecule has 6 heteroatoms. The molecule has 140 valence electrons. The van der Waals surface area contributed by atoms with Gasteiger partial charge in [0.05, 0.1) is 23.6 Å². The molecular formula is C21H23N3O3. The molecule has 1 heterocycles. The van der Waals surface area contributed by atoms with Crippen molar-refractivity contribution >= 4 is 22.8 Å². The van der Waals surface area contributed by atoms with Crippen LogP contribution in [0.4, 0.5) is 0 Å². The van der Waals surface area contributed by atoms with Crippen LogP contribution in [0.15, 0.2) is 24.3 Å². The van der Waals surface area contributed by atoms with Crippen molar-refractivity contribution < 1.29 is 14.3 Å². The molecule has 6 nitrogen and oxygen atoms in total. The van der Waals surface area contributed by atoms with E-state index in [-0.39, 0.29) is 18.9 Å². The number of ether oxygens (including phenoxy) is 1. The van der Waals surface area contributed by atoms with E-state index in [9.17, 15) is 9.59 Å². The number of aromatic nitrogens is 1. The van der Waals surface area contributed by atoms with E-state index in [0.29, 0.717) is 12.1 Å². The highest BCUT2D eigenvalue weighted by Gasteiger charge is 2.23. The number of aryl methyl sites for hydroxylation is 1. The first-order chi connectivity index (χ1) is 13.1. The average Bonchev–Trinajstić information content (AvgIpc) is 2.93. The molecule has 1 aliphatic carbocycles. The van der Waals surface area contributed by atoms with E-state index < -0.39 is 5.97 Å². The van der Waals surface area contributed by atoms with Gasteiger partial charge in [-0.05, 0) is 37.3 Å². The Morgan fingerprint density at radius 1 is 1.22 bits per heavy atom. The van der Waals surface area contributed by atoms with Crippen LogP contribution in [0, 0.1) is 11.3 Å². The molecule has 0 bridgehead atoms. The smallest absolute Gasteiger partial charge is 0.339 e. The normalized spacial score (nSPS) is 13.3. The molecule has 0 radical (unpaired) electrons. The Labute approximate surface area is 158 Å². The first-order valence-electron chi connectivity index (χ1n) is 9.30. The SMILES string of the molecule is CN(CCC#N)C(=O)COC(=O)c1c2c(nc3ccccc13)CCCCC2. The molecule has 1 aromatic carbocycles. The number of fused-ring (bicyclic) bond motifs is 2. The Bertz CT molecular complexity index is 901. The van der Waals surface area contributed by atoms with Gasteiger partial charge in [0.25, 0.3) is 5.91 Å². The van der Waals surface area contributed by atoms with Crippen molar-refractivity contribution in [2.45, 2.75) is 38.5 Å². The van der Waals surface area contributed by atoms with Crippen LogP contribution in [-0.2, 0) is 22.4 Å². The number of esters is 1. The molecule has 0 saturated carbocycles. The van der Waals surface area contributed by atoms with Crippen molar-refractivity contribution in [3.05, 3.63) is 41.1 Å². The lowest BCUT2D eigenvalue weighted by atomic mass is 9.97. The van der Waals surface area contributed by atoms with Gasteiger partial charge in [0.15, 0.2) is 6.61 Å². The molecule has 1 amide bonds. The summed E-state index contributed by atoms with van der Waals surface area (Å²) < 4.78 is 5.37. The van der Waals surface area contributed by atoms with Crippen molar-refractivity contribution in [2.75, 3.05) is 20.2 Å². The minimum Gasteiger partial charge on any atom is -0.452 e. The fraction of sp³-hybridized carbons (Fsp3) is 0.429. The number of para-hydroxylation sites is 1. The van der Waals surface area contributed by atoms with Gasteiger partial charge >= 0.3 is 5.97 Å². The maximum absolute atomic E-state index is 12.9. The Balaban J connectivity index is 1.86. The highest BCUT2D eigenvalue weighted by Crippen LogP contribution is 2.29. The monoisotopic (exact) mass is 365 g/mol. The zero-order valence-corrected chi connectivity index (χ0v) is 15.5. The average molecular weight is 365 g/mol. The second-order valence-electron chi connectivity index (χ2n) is 6.79. The number of hydrogen-bond acceptors (Lipinski definition) is 5. The maximum Gasteiger partial charge on any atom is 0.339 e. The number of pyridine rings is 1. The molecule has 0 fully saturated rings. The standard InChI is InChI=1S/C21H23N3O3/c1-24(13-7-12-22)19(25)14-27-21(26)20-15-8-3-2-4-10-17(15)23-18-11-6-5-9-16(18)20/h5-6,9,11H,2-4,7-8,10,13-14H2,1H3. The van der Waals surface area contributed by atoms with Crippen molar-refractivity contribution in [2.24, 2.45) is 0 Å². The minimum absolute atomic E-state index is 0.249. The highest BCUT2D eigenvalue weighted by molar-refractivity contribution is 6.05. The summed E-state index contributed by atoms with van der Waals surface area (Å²) in [5.74, 6) is -0.795. The summed E-state index contributed by atoms with van der Waals surface area (Å²) in [4.78, 5) is 31.2. The number of nitrogens with zero attached hydrogens (tertiary/aromatic N) is 3. The summed E-state index contributed by atoms with van der Waals surface area (Å²) in [6.07, 6.45) is 5.10. The number of carbonyl (C=O) groups excluding carboxylic acids is 2. The maximum atomic E-state index is 12.9. The third-order valence-corrected chi connectivity index (χ3v) is 4.93. The highest BCUT2D eigenvalue weighted by atomic mass is 16.5. The Hall–Kier alpha value is -2.94. The molecule has 0 atom stereocenters. The van der Waals surface area contributed by atoms with Crippen LogP contribution in [0.25, 0.3) is 10.9 Å². The number of nitriles is 1. The Kier molecular flexibility index (Phi) is 6.02. The molecule has 0 unspecified atom stereocenters. The van der Waals surface area contributed by atoms with E-state index in [1.165, 1.54) is 4.90 Å². The zero-order valence-electron chi connectivity index (χ0n) is 15.5. The number of likely N-dealkylation sites (N-methyl/N-ethyl adjacent to an activating group) is 1. The Morgan fingerprint density at radius 3 is 2.81 bits per heavy atom. The molecule has 0 aliphatic heterocycles. The summed E-state index contributed by atoms with van der Waals surface area (Å²) in [5, 5.41) is 9.39. The number of hydrogen-bond donors (Lipinski definition) is 0. The lowest BCUT2D eigenvalue weighted by Crippen LogP contribution is -2.32. The van der Waals surface area contributed by atoms with Gasteiger partial charge in [0.2, 0.25) is 0 Å². The molecule has 3 rings (SSSR count). The molecule has 0 N–H and O–H groups in total. The van der Waals surface area contributed by atoms with E-state index in [1.54, 1.807) is 7.05 Å². The van der Waals surface area contributed by atoms with Crippen LogP contribution in [0.5, 0.6) is 0 Å². The van der Waals surface area contributed by atoms with Crippen LogP contribution < -0.4 is 0 Å². The van der Waals surface area contributed by atoms with Gasteiger partial charge in [-0.1, -0.05) is 24.6 Å². The van der Waals surface area contributed by atoms with Gasteiger partial charge in [0, 0.05) is 24.7 Å². The Morgan fingerprint density at radius 2 is 2.00 bits per heavy atom. The second kappa shape index (κ2) is 8.63. The van der Waals surface area contributed by atoms with Gasteiger partial charge < -0.3 is 9.64 Å². The van der Waals surface area contributed by atoms with Crippen molar-refractivity contribution in [3.8, 4) is 6.07 Å². The van der Waals surface area contributed by atoms with Crippen molar-refractivity contribution in [1.82, 2.24) is 9.88 Å². The topological polar surface area (TPSA) is 83.3 Å².